The van der Waals surface area contributed by atoms with Crippen molar-refractivity contribution in [1.82, 2.24) is 30.3 Å². The van der Waals surface area contributed by atoms with Gasteiger partial charge in [0.25, 0.3) is 0 Å². The molecule has 0 aliphatic rings. The van der Waals surface area contributed by atoms with Crippen LogP contribution in [-0.2, 0) is 12.2 Å². The van der Waals surface area contributed by atoms with Gasteiger partial charge in [0.2, 0.25) is 11.0 Å². The number of thioether (sulfide) groups is 1. The second-order valence-electron chi connectivity index (χ2n) is 5.50. The minimum absolute atomic E-state index is 0.217. The fraction of sp³-hybridized carbons (Fsp3) is 0.400. The van der Waals surface area contributed by atoms with Crippen molar-refractivity contribution in [2.24, 2.45) is 0 Å². The maximum atomic E-state index is 5.34. The molecule has 0 saturated carbocycles. The molecule has 3 rings (SSSR count). The lowest BCUT2D eigenvalue weighted by Crippen LogP contribution is -2.04. The van der Waals surface area contributed by atoms with Crippen LogP contribution >= 0.6 is 11.8 Å². The van der Waals surface area contributed by atoms with E-state index in [9.17, 15) is 0 Å². The molecule has 0 fully saturated rings. The highest BCUT2D eigenvalue weighted by Crippen LogP contribution is 2.21. The Morgan fingerprint density at radius 3 is 2.87 bits per heavy atom. The summed E-state index contributed by atoms with van der Waals surface area (Å²) >= 11 is 1.50. The molecule has 0 N–H and O–H groups in total. The third kappa shape index (κ3) is 3.76. The largest absolute Gasteiger partial charge is 0.339 e. The number of aryl methyl sites for hydroxylation is 1. The average molecular weight is 330 g/mol. The van der Waals surface area contributed by atoms with Gasteiger partial charge in [0, 0.05) is 0 Å². The van der Waals surface area contributed by atoms with Crippen molar-refractivity contribution in [1.29, 1.82) is 0 Å². The quantitative estimate of drug-likeness (QED) is 0.643. The van der Waals surface area contributed by atoms with Gasteiger partial charge in [-0.15, -0.1) is 5.10 Å². The normalized spacial score (nSPS) is 11.3. The lowest BCUT2D eigenvalue weighted by molar-refractivity contribution is 0.381. The lowest BCUT2D eigenvalue weighted by atomic mass is 10.1. The van der Waals surface area contributed by atoms with Gasteiger partial charge in [-0.05, 0) is 42.3 Å². The van der Waals surface area contributed by atoms with Crippen LogP contribution in [0.5, 0.6) is 0 Å². The fourth-order valence-electron chi connectivity index (χ4n) is 2.13. The Balaban J connectivity index is 1.63. The molecular weight excluding hydrogens is 312 g/mol. The van der Waals surface area contributed by atoms with Crippen molar-refractivity contribution < 1.29 is 4.52 Å². The maximum absolute atomic E-state index is 5.34. The van der Waals surface area contributed by atoms with Gasteiger partial charge in [-0.3, -0.25) is 0 Å². The van der Waals surface area contributed by atoms with E-state index >= 15 is 0 Å². The Hall–Kier alpha value is -2.22. The molecular formula is C15H18N6OS. The number of benzene rings is 1. The van der Waals surface area contributed by atoms with Crippen LogP contribution in [0, 0.1) is 6.92 Å². The highest BCUT2D eigenvalue weighted by molar-refractivity contribution is 7.98. The van der Waals surface area contributed by atoms with Crippen LogP contribution in [0.4, 0.5) is 0 Å². The van der Waals surface area contributed by atoms with Gasteiger partial charge in [-0.25, -0.2) is 4.68 Å². The van der Waals surface area contributed by atoms with Crippen LogP contribution in [0.15, 0.2) is 33.9 Å². The minimum Gasteiger partial charge on any atom is -0.339 e. The number of nitrogens with zero attached hydrogens (tertiary/aromatic N) is 6. The Morgan fingerprint density at radius 2 is 2.09 bits per heavy atom. The second-order valence-corrected chi connectivity index (χ2v) is 6.44. The van der Waals surface area contributed by atoms with Crippen molar-refractivity contribution in [2.75, 3.05) is 0 Å². The zero-order valence-corrected chi connectivity index (χ0v) is 14.1. The number of tetrazole rings is 1. The highest BCUT2D eigenvalue weighted by Gasteiger charge is 2.13. The third-order valence-electron chi connectivity index (χ3n) is 3.40. The van der Waals surface area contributed by atoms with Gasteiger partial charge in [0.1, 0.15) is 0 Å². The Labute approximate surface area is 138 Å². The SMILES string of the molecule is Cc1ccccc1Cc1nc(CSc2nnnn2C(C)C)no1. The topological polar surface area (TPSA) is 82.5 Å². The van der Waals surface area contributed by atoms with Crippen LogP contribution in [-0.4, -0.2) is 30.3 Å². The molecule has 8 heteroatoms. The zero-order chi connectivity index (χ0) is 16.2. The average Bonchev–Trinajstić information content (AvgIpc) is 3.16. The molecule has 0 atom stereocenters. The van der Waals surface area contributed by atoms with E-state index in [-0.39, 0.29) is 6.04 Å². The van der Waals surface area contributed by atoms with E-state index < -0.39 is 0 Å². The van der Waals surface area contributed by atoms with Gasteiger partial charge >= 0.3 is 0 Å². The van der Waals surface area contributed by atoms with Gasteiger partial charge in [0.15, 0.2) is 5.82 Å². The summed E-state index contributed by atoms with van der Waals surface area (Å²) in [7, 11) is 0. The van der Waals surface area contributed by atoms with Crippen molar-refractivity contribution in [3.63, 3.8) is 0 Å². The predicted molar refractivity (Wildman–Crippen MR) is 86.0 cm³/mol. The molecule has 0 bridgehead atoms. The van der Waals surface area contributed by atoms with E-state index in [0.717, 1.165) is 5.16 Å². The third-order valence-corrected chi connectivity index (χ3v) is 4.32. The van der Waals surface area contributed by atoms with Gasteiger partial charge < -0.3 is 4.52 Å². The van der Waals surface area contributed by atoms with E-state index in [1.54, 1.807) is 4.68 Å². The van der Waals surface area contributed by atoms with Crippen molar-refractivity contribution in [3.8, 4) is 0 Å². The molecule has 0 aliphatic heterocycles. The Bertz CT molecular complexity index is 782. The van der Waals surface area contributed by atoms with Crippen LogP contribution in [0.3, 0.4) is 0 Å². The summed E-state index contributed by atoms with van der Waals surface area (Å²) < 4.78 is 7.12. The molecule has 2 heterocycles. The Kier molecular flexibility index (Phi) is 4.71. The molecule has 0 unspecified atom stereocenters. The Morgan fingerprint density at radius 1 is 1.26 bits per heavy atom. The summed E-state index contributed by atoms with van der Waals surface area (Å²) in [5.41, 5.74) is 2.41. The summed E-state index contributed by atoms with van der Waals surface area (Å²) in [5, 5.41) is 16.5. The van der Waals surface area contributed by atoms with Crippen LogP contribution in [0.1, 0.15) is 42.7 Å². The maximum Gasteiger partial charge on any atom is 0.231 e. The van der Waals surface area contributed by atoms with E-state index in [0.29, 0.717) is 23.9 Å². The molecule has 0 radical (unpaired) electrons. The van der Waals surface area contributed by atoms with Crippen LogP contribution < -0.4 is 0 Å². The summed E-state index contributed by atoms with van der Waals surface area (Å²) in [6.45, 7) is 6.15. The number of hydrogen-bond acceptors (Lipinski definition) is 7. The second kappa shape index (κ2) is 6.91. The summed E-state index contributed by atoms with van der Waals surface area (Å²) in [6.07, 6.45) is 0.647. The minimum atomic E-state index is 0.217. The first kappa shape index (κ1) is 15.7. The van der Waals surface area contributed by atoms with Gasteiger partial charge in [-0.2, -0.15) is 4.98 Å². The molecule has 3 aromatic rings. The molecule has 0 spiro atoms. The first-order chi connectivity index (χ1) is 11.1. The van der Waals surface area contributed by atoms with Crippen LogP contribution in [0.25, 0.3) is 0 Å². The zero-order valence-electron chi connectivity index (χ0n) is 13.3. The van der Waals surface area contributed by atoms with Crippen molar-refractivity contribution in [3.05, 3.63) is 47.1 Å². The smallest absolute Gasteiger partial charge is 0.231 e. The van der Waals surface area contributed by atoms with Crippen molar-refractivity contribution in [2.45, 2.75) is 44.1 Å². The number of hydrogen-bond donors (Lipinski definition) is 0. The summed E-state index contributed by atoms with van der Waals surface area (Å²) in [6, 6.07) is 8.41. The van der Waals surface area contributed by atoms with E-state index in [1.165, 1.54) is 22.9 Å². The summed E-state index contributed by atoms with van der Waals surface area (Å²) in [5.74, 6) is 1.85. The van der Waals surface area contributed by atoms with Gasteiger partial charge in [0.05, 0.1) is 18.2 Å². The number of aromatic nitrogens is 6. The molecule has 0 aliphatic carbocycles. The standard InChI is InChI=1S/C15H18N6OS/c1-10(2)21-15(17-19-20-21)23-9-13-16-14(22-18-13)8-12-7-5-4-6-11(12)3/h4-7,10H,8-9H2,1-3H3. The van der Waals surface area contributed by atoms with Crippen molar-refractivity contribution >= 4 is 11.8 Å². The fourth-order valence-corrected chi connectivity index (χ4v) is 2.97. The molecule has 1 aromatic carbocycles. The summed E-state index contributed by atoms with van der Waals surface area (Å²) in [4.78, 5) is 4.44. The molecule has 23 heavy (non-hydrogen) atoms. The van der Waals surface area contributed by atoms with Crippen LogP contribution in [0.2, 0.25) is 0 Å². The van der Waals surface area contributed by atoms with Gasteiger partial charge in [-0.1, -0.05) is 41.2 Å². The number of rotatable bonds is 6. The van der Waals surface area contributed by atoms with E-state index in [2.05, 4.69) is 44.7 Å². The molecule has 7 nitrogen and oxygen atoms in total. The monoisotopic (exact) mass is 330 g/mol. The highest BCUT2D eigenvalue weighted by atomic mass is 32.2. The van der Waals surface area contributed by atoms with E-state index in [1.807, 2.05) is 26.0 Å². The predicted octanol–water partition coefficient (Wildman–Crippen LogP) is 2.83. The lowest BCUT2D eigenvalue weighted by Gasteiger charge is -2.05. The molecule has 0 saturated heterocycles. The molecule has 120 valence electrons. The van der Waals surface area contributed by atoms with E-state index in [4.69, 9.17) is 4.52 Å². The molecule has 0 amide bonds. The first-order valence-corrected chi connectivity index (χ1v) is 8.38. The molecule has 2 aromatic heterocycles. The first-order valence-electron chi connectivity index (χ1n) is 7.40.